The highest BCUT2D eigenvalue weighted by Gasteiger charge is 2.19. The molecule has 230 valence electrons. The van der Waals surface area contributed by atoms with Crippen LogP contribution in [0.4, 0.5) is 0 Å². The number of rotatable bonds is 22. The van der Waals surface area contributed by atoms with Crippen LogP contribution in [0.5, 0.6) is 0 Å². The van der Waals surface area contributed by atoms with Gasteiger partial charge in [-0.1, -0.05) is 56.7 Å². The Balaban J connectivity index is -0.000000250. The molecule has 0 aromatic heterocycles. The minimum Gasteiger partial charge on any atom is -1.00 e. The van der Waals surface area contributed by atoms with Gasteiger partial charge in [0.25, 0.3) is 0 Å². The fourth-order valence-corrected chi connectivity index (χ4v) is 3.17. The first kappa shape index (κ1) is 35.8. The lowest BCUT2D eigenvalue weighted by atomic mass is 10.1. The second kappa shape index (κ2) is 38.9. The van der Waals surface area contributed by atoms with Gasteiger partial charge in [-0.05, 0) is 51.7 Å². The van der Waals surface area contributed by atoms with Gasteiger partial charge in [-0.25, -0.2) is 0 Å². The van der Waals surface area contributed by atoms with Gasteiger partial charge in [0, 0.05) is 19.6 Å². The number of hydrogen-bond donors (Lipinski definition) is 4. The molecule has 6 N–H and O–H groups in total. The van der Waals surface area contributed by atoms with E-state index in [0.717, 1.165) is 56.8 Å². The number of quaternary nitrogens is 1. The lowest BCUT2D eigenvalue weighted by molar-refractivity contribution is -0.870. The number of alkyl halides is 1. The van der Waals surface area contributed by atoms with E-state index in [-0.39, 0.29) is 29.6 Å². The van der Waals surface area contributed by atoms with E-state index in [1.54, 1.807) is 0 Å². The second-order valence-corrected chi connectivity index (χ2v) is 10.4. The summed E-state index contributed by atoms with van der Waals surface area (Å²) in [5.41, 5.74) is 10.3. The summed E-state index contributed by atoms with van der Waals surface area (Å²) in [6.45, 7) is 12.4. The summed E-state index contributed by atoms with van der Waals surface area (Å²) in [7, 11) is 6.77. The molecule has 1 atom stereocenters. The van der Waals surface area contributed by atoms with Crippen molar-refractivity contribution in [3.63, 3.8) is 0 Å². The van der Waals surface area contributed by atoms with Gasteiger partial charge < -0.3 is 48.3 Å². The molecular weight excluding hydrogens is 568 g/mol. The number of unbranched alkanes of at least 4 members (excludes halogenated alkanes) is 9. The molecule has 1 saturated heterocycles. The van der Waals surface area contributed by atoms with E-state index in [2.05, 4.69) is 38.4 Å². The molecular formula is C30H65BrClN5O. The van der Waals surface area contributed by atoms with E-state index in [9.17, 15) is 0 Å². The molecule has 6 nitrogen and oxygen atoms in total. The van der Waals surface area contributed by atoms with Crippen LogP contribution in [-0.2, 0) is 4.74 Å². The summed E-state index contributed by atoms with van der Waals surface area (Å²) < 4.78 is 32.9. The van der Waals surface area contributed by atoms with Crippen molar-refractivity contribution in [2.45, 2.75) is 76.7 Å². The van der Waals surface area contributed by atoms with Crippen molar-refractivity contribution in [2.75, 3.05) is 79.4 Å². The zero-order valence-electron chi connectivity index (χ0n) is 28.9. The number of nitrogens with zero attached hydrogens (tertiary/aromatic N) is 1. The van der Waals surface area contributed by atoms with Crippen molar-refractivity contribution in [1.29, 1.82) is 0 Å². The number of hydrogen-bond acceptors (Lipinski definition) is 5. The maximum atomic E-state index is 7.23. The van der Waals surface area contributed by atoms with E-state index >= 15 is 0 Å². The van der Waals surface area contributed by atoms with Crippen LogP contribution in [-0.4, -0.2) is 90.0 Å². The first-order chi connectivity index (χ1) is 19.6. The standard InChI is InChI=1S/C12H27N2.C12H26N2.C3H5ClO.C3H7N.BrH/c1-5-10-13-11-8-6-7-9-12-14(2,3)4;1-2-11-14-12-9-7-5-3-4-6-8-10-13;4-1-3-2-5-3;1-2-3-4;/h5,13H,1,6-12H2,2-4H3;2,14H,1,3-13H2;3H,1-2H2;2H,1,3-4H2;1H/q+1;;;;/p-1/i2+2,3+2,4+2;1T,2T;;1T,2T;. The van der Waals surface area contributed by atoms with Crippen LogP contribution in [0, 0.1) is 0 Å². The van der Waals surface area contributed by atoms with E-state index in [1.807, 2.05) is 6.08 Å². The maximum absolute atomic E-state index is 7.23. The van der Waals surface area contributed by atoms with Gasteiger partial charge in [0.1, 0.15) is 0 Å². The van der Waals surface area contributed by atoms with Crippen molar-refractivity contribution in [3.05, 3.63) is 37.9 Å². The van der Waals surface area contributed by atoms with Gasteiger partial charge in [-0.2, -0.15) is 0 Å². The molecule has 1 aliphatic rings. The lowest BCUT2D eigenvalue weighted by Crippen LogP contribution is -3.00. The Kier molecular flexibility index (Phi) is 36.6. The molecule has 0 spiro atoms. The molecule has 0 bridgehead atoms. The number of ether oxygens (including phenoxy) is 1. The van der Waals surface area contributed by atoms with Crippen molar-refractivity contribution in [1.82, 2.24) is 10.6 Å². The average molecular weight is 641 g/mol. The summed E-state index contributed by atoms with van der Waals surface area (Å²) >= 11 is 5.27. The normalized spacial score (nSPS) is 15.9. The molecule has 8 heteroatoms. The van der Waals surface area contributed by atoms with Crippen LogP contribution in [0.2, 0.25) is 0 Å². The Hall–Kier alpha value is -0.250. The van der Waals surface area contributed by atoms with E-state index in [4.69, 9.17) is 33.3 Å². The molecule has 1 unspecified atom stereocenters. The van der Waals surface area contributed by atoms with Crippen molar-refractivity contribution in [3.8, 4) is 0 Å². The van der Waals surface area contributed by atoms with Gasteiger partial charge >= 0.3 is 0 Å². The Bertz CT molecular complexity index is 611. The van der Waals surface area contributed by atoms with Crippen LogP contribution >= 0.6 is 11.6 Å². The summed E-state index contributed by atoms with van der Waals surface area (Å²) in [4.78, 5) is 0. The molecule has 0 aliphatic carbocycles. The van der Waals surface area contributed by atoms with E-state index in [0.29, 0.717) is 24.6 Å². The SMILES string of the molecule is C=CCNCCCCCC[N+]([14CH3])([14CH3])[14CH3].ClCC1CO1.[3H]C=C([3H])CN.[3H]C=C([3H])CNCCCCCCCCCN.[Br-]. The molecule has 38 heavy (non-hydrogen) atoms. The highest BCUT2D eigenvalue weighted by molar-refractivity contribution is 6.18. The molecule has 1 rings (SSSR count). The highest BCUT2D eigenvalue weighted by atomic mass is 79.9. The molecule has 0 radical (unpaired) electrons. The van der Waals surface area contributed by atoms with Crippen molar-refractivity contribution < 1.29 is 31.7 Å². The smallest absolute Gasteiger partial charge is 0.0944 e. The monoisotopic (exact) mass is 639 g/mol. The van der Waals surface area contributed by atoms with Crippen LogP contribution in [0.15, 0.2) is 37.9 Å². The minimum absolute atomic E-state index is 0. The number of epoxide rings is 1. The average Bonchev–Trinajstić information content (AvgIpc) is 3.80. The van der Waals surface area contributed by atoms with Crippen molar-refractivity contribution in [2.24, 2.45) is 11.5 Å². The molecule has 0 amide bonds. The first-order valence-electron chi connectivity index (χ1n) is 16.3. The number of halogens is 2. The quantitative estimate of drug-likeness (QED) is 0.0480. The van der Waals surface area contributed by atoms with Gasteiger partial charge in [-0.3, -0.25) is 0 Å². The predicted octanol–water partition coefficient (Wildman–Crippen LogP) is 2.24. The zero-order chi connectivity index (χ0) is 31.6. The Morgan fingerprint density at radius 2 is 1.39 bits per heavy atom. The molecule has 1 fully saturated rings. The van der Waals surface area contributed by atoms with Gasteiger partial charge in [0.05, 0.1) is 51.8 Å². The Morgan fingerprint density at radius 3 is 1.76 bits per heavy atom. The van der Waals surface area contributed by atoms with Gasteiger partial charge in [0.15, 0.2) is 0 Å². The fraction of sp³-hybridized carbons (Fsp3) is 0.800. The maximum Gasteiger partial charge on any atom is 0.0944 e. The fourth-order valence-electron chi connectivity index (χ4n) is 2.99. The lowest BCUT2D eigenvalue weighted by Gasteiger charge is -2.23. The van der Waals surface area contributed by atoms with E-state index in [1.165, 1.54) is 70.8 Å². The number of nitrogens with two attached hydrogens (primary N) is 2. The van der Waals surface area contributed by atoms with Gasteiger partial charge in [-0.15, -0.1) is 31.3 Å². The minimum atomic E-state index is 0. The van der Waals surface area contributed by atoms with E-state index < -0.39 is 0 Å². The van der Waals surface area contributed by atoms with Crippen LogP contribution < -0.4 is 39.1 Å². The highest BCUT2D eigenvalue weighted by Crippen LogP contribution is 2.08. The van der Waals surface area contributed by atoms with Gasteiger partial charge in [0.2, 0.25) is 0 Å². The molecule has 1 aliphatic heterocycles. The summed E-state index contributed by atoms with van der Waals surface area (Å²) in [5, 5.41) is 6.48. The third-order valence-electron chi connectivity index (χ3n) is 5.20. The largest absolute Gasteiger partial charge is 1.00 e. The Morgan fingerprint density at radius 1 is 0.895 bits per heavy atom. The summed E-state index contributed by atoms with van der Waals surface area (Å²) in [6.07, 6.45) is 16.5. The zero-order valence-corrected chi connectivity index (χ0v) is 27.3. The van der Waals surface area contributed by atoms with Crippen LogP contribution in [0.1, 0.15) is 76.1 Å². The Labute approximate surface area is 259 Å². The third kappa shape index (κ3) is 56.1. The van der Waals surface area contributed by atoms with Crippen LogP contribution in [0.3, 0.4) is 0 Å². The topological polar surface area (TPSA) is 88.6 Å². The number of nitrogens with one attached hydrogen (secondary N) is 2. The predicted molar refractivity (Wildman–Crippen MR) is 169 cm³/mol. The molecule has 0 saturated carbocycles. The van der Waals surface area contributed by atoms with Crippen LogP contribution in [0.25, 0.3) is 0 Å². The third-order valence-corrected chi connectivity index (χ3v) is 5.54. The molecule has 1 heterocycles. The summed E-state index contributed by atoms with van der Waals surface area (Å²) in [6, 6.07) is 0.511. The molecule has 0 aromatic rings. The second-order valence-electron chi connectivity index (χ2n) is 10.1. The first-order valence-corrected chi connectivity index (χ1v) is 14.6. The molecule has 0 aromatic carbocycles. The van der Waals surface area contributed by atoms with Crippen molar-refractivity contribution >= 4 is 11.6 Å². The summed E-state index contributed by atoms with van der Waals surface area (Å²) in [5.74, 6) is 0.667.